The van der Waals surface area contributed by atoms with E-state index in [9.17, 15) is 87.7 Å². The predicted octanol–water partition coefficient (Wildman–Crippen LogP) is -2.56. The highest BCUT2D eigenvalue weighted by Gasteiger charge is 2.31. The second kappa shape index (κ2) is 34.8. The van der Waals surface area contributed by atoms with E-state index in [2.05, 4.69) is 21.3 Å². The molecule has 1 fully saturated rings. The summed E-state index contributed by atoms with van der Waals surface area (Å²) in [4.78, 5) is 148. The average Bonchev–Trinajstić information content (AvgIpc) is 3.32. The highest BCUT2D eigenvalue weighted by molar-refractivity contribution is 7.50. The monoisotopic (exact) mass is 1100 g/mol. The van der Waals surface area contributed by atoms with E-state index in [4.69, 9.17) is 14.7 Å². The molecule has 0 aliphatic carbocycles. The van der Waals surface area contributed by atoms with Crippen LogP contribution in [0.15, 0.2) is 24.3 Å². The number of hydrogen-bond donors (Lipinski definition) is 13. The lowest BCUT2D eigenvalue weighted by atomic mass is 10.1. The van der Waals surface area contributed by atoms with Crippen molar-refractivity contribution in [3.63, 3.8) is 0 Å². The standard InChI is InChI=1S/C45H70N9O21P/c55-35(48-32(43(67)68)9-11-36(56)49-33(44(69)70)14-25-75-76(73,74)50-34(45(71)72)10-12-38(58)59)4-2-1-3-15-47-42(66)31-7-5-30(6-8-31)13-16-46-37(57)26-51-17-19-52(27-39(60)61)21-23-54(29-41(64)65)24-22-53(20-18-51)28-40(62)63/h5-8,32-34H,1-4,9-29H2,(H,46,57)(H,47,66)(H,48,55)(H,49,56)(H,58,59)(H,60,61)(H,62,63)(H,64,65)(H,67,68)(H,69,70)(H,71,72)(H2,50,73,74)/t32-,33+,34+/m1/s1. The van der Waals surface area contributed by atoms with Gasteiger partial charge in [-0.3, -0.25) is 67.3 Å². The zero-order valence-corrected chi connectivity index (χ0v) is 42.7. The summed E-state index contributed by atoms with van der Waals surface area (Å²) in [7, 11) is -4.87. The van der Waals surface area contributed by atoms with Gasteiger partial charge in [-0.2, -0.15) is 0 Å². The summed E-state index contributed by atoms with van der Waals surface area (Å²) in [5, 5.41) is 77.0. The van der Waals surface area contributed by atoms with Crippen LogP contribution in [0.3, 0.4) is 0 Å². The summed E-state index contributed by atoms with van der Waals surface area (Å²) in [6.45, 7) is 0.936. The number of nitrogens with zero attached hydrogens (tertiary/aromatic N) is 4. The van der Waals surface area contributed by atoms with Crippen molar-refractivity contribution in [2.75, 3.05) is 98.2 Å². The molecule has 0 aromatic heterocycles. The molecule has 1 aliphatic rings. The summed E-state index contributed by atoms with van der Waals surface area (Å²) in [5.74, 6) is -11.5. The minimum Gasteiger partial charge on any atom is -0.481 e. The molecule has 31 heteroatoms. The Hall–Kier alpha value is -6.66. The van der Waals surface area contributed by atoms with Gasteiger partial charge in [0.2, 0.25) is 17.7 Å². The number of carboxylic acid groups (broad SMARTS) is 7. The molecular weight excluding hydrogens is 1030 g/mol. The van der Waals surface area contributed by atoms with Crippen molar-refractivity contribution >= 4 is 73.2 Å². The topological polar surface area (TPSA) is 449 Å². The number of carbonyl (C=O) groups is 11. The van der Waals surface area contributed by atoms with Crippen LogP contribution in [0.1, 0.15) is 73.7 Å². The smallest absolute Gasteiger partial charge is 0.403 e. The fourth-order valence-corrected chi connectivity index (χ4v) is 8.53. The van der Waals surface area contributed by atoms with Gasteiger partial charge in [0.15, 0.2) is 0 Å². The van der Waals surface area contributed by atoms with E-state index in [1.54, 1.807) is 44.1 Å². The van der Waals surface area contributed by atoms with Gasteiger partial charge in [-0.1, -0.05) is 18.6 Å². The van der Waals surface area contributed by atoms with Gasteiger partial charge in [-0.25, -0.2) is 19.2 Å². The molecule has 1 heterocycles. The van der Waals surface area contributed by atoms with Gasteiger partial charge in [0.1, 0.15) is 18.1 Å². The number of unbranched alkanes of at least 4 members (excludes halogenated alkanes) is 2. The molecule has 0 radical (unpaired) electrons. The Labute approximate surface area is 436 Å². The molecule has 1 unspecified atom stereocenters. The fraction of sp³-hybridized carbons (Fsp3) is 0.622. The molecule has 30 nitrogen and oxygen atoms in total. The van der Waals surface area contributed by atoms with E-state index in [1.807, 2.05) is 4.90 Å². The molecule has 0 spiro atoms. The fourth-order valence-electron chi connectivity index (χ4n) is 7.47. The lowest BCUT2D eigenvalue weighted by Crippen LogP contribution is -2.49. The van der Waals surface area contributed by atoms with Crippen LogP contribution in [-0.4, -0.2) is 242 Å². The molecule has 2 rings (SSSR count). The van der Waals surface area contributed by atoms with Crippen molar-refractivity contribution in [3.8, 4) is 0 Å². The number of nitrogens with one attached hydrogen (secondary N) is 5. The lowest BCUT2D eigenvalue weighted by molar-refractivity contribution is -0.143. The summed E-state index contributed by atoms with van der Waals surface area (Å²) < 4.78 is 17.0. The number of benzene rings is 1. The lowest BCUT2D eigenvalue weighted by Gasteiger charge is -2.32. The minimum atomic E-state index is -4.87. The summed E-state index contributed by atoms with van der Waals surface area (Å²) in [6.07, 6.45) is -1.16. The highest BCUT2D eigenvalue weighted by atomic mass is 31.2. The van der Waals surface area contributed by atoms with E-state index in [0.717, 1.165) is 5.56 Å². The summed E-state index contributed by atoms with van der Waals surface area (Å²) in [5.41, 5.74) is 1.20. The maximum absolute atomic E-state index is 13.0. The average molecular weight is 1100 g/mol. The quantitative estimate of drug-likeness (QED) is 0.0246. The first-order valence-electron chi connectivity index (χ1n) is 24.2. The van der Waals surface area contributed by atoms with Crippen LogP contribution in [0.2, 0.25) is 0 Å². The number of amides is 4. The molecule has 4 atom stereocenters. The maximum Gasteiger partial charge on any atom is 0.403 e. The van der Waals surface area contributed by atoms with Gasteiger partial charge in [-0.05, 0) is 49.8 Å². The van der Waals surface area contributed by atoms with E-state index in [1.165, 1.54) is 0 Å². The second-order valence-corrected chi connectivity index (χ2v) is 19.3. The number of carbonyl (C=O) groups excluding carboxylic acids is 4. The van der Waals surface area contributed by atoms with Crippen LogP contribution in [0, 0.1) is 0 Å². The molecule has 1 aliphatic heterocycles. The van der Waals surface area contributed by atoms with Crippen LogP contribution in [-0.2, 0) is 63.5 Å². The van der Waals surface area contributed by atoms with Gasteiger partial charge in [-0.15, -0.1) is 0 Å². The molecule has 426 valence electrons. The molecule has 1 saturated heterocycles. The van der Waals surface area contributed by atoms with Crippen molar-refractivity contribution in [2.24, 2.45) is 0 Å². The third-order valence-corrected chi connectivity index (χ3v) is 12.7. The van der Waals surface area contributed by atoms with E-state index in [-0.39, 0.29) is 96.8 Å². The first-order valence-corrected chi connectivity index (χ1v) is 25.8. The van der Waals surface area contributed by atoms with E-state index in [0.29, 0.717) is 44.3 Å². The first kappa shape index (κ1) is 65.5. The summed E-state index contributed by atoms with van der Waals surface area (Å²) >= 11 is 0. The first-order chi connectivity index (χ1) is 35.8. The predicted molar refractivity (Wildman–Crippen MR) is 263 cm³/mol. The molecule has 13 N–H and O–H groups in total. The van der Waals surface area contributed by atoms with Gasteiger partial charge in [0, 0.05) is 96.7 Å². The molecule has 1 aromatic carbocycles. The minimum absolute atomic E-state index is 0.0426. The third-order valence-electron chi connectivity index (χ3n) is 11.6. The molecule has 1 aromatic rings. The molecule has 0 bridgehead atoms. The van der Waals surface area contributed by atoms with Crippen molar-refractivity contribution in [3.05, 3.63) is 35.4 Å². The zero-order valence-electron chi connectivity index (χ0n) is 41.8. The highest BCUT2D eigenvalue weighted by Crippen LogP contribution is 2.38. The Kier molecular flexibility index (Phi) is 30.0. The van der Waals surface area contributed by atoms with E-state index >= 15 is 0 Å². The number of aliphatic carboxylic acids is 7. The third kappa shape index (κ3) is 29.4. The van der Waals surface area contributed by atoms with Crippen LogP contribution in [0.4, 0.5) is 0 Å². The second-order valence-electron chi connectivity index (χ2n) is 17.7. The largest absolute Gasteiger partial charge is 0.481 e. The van der Waals surface area contributed by atoms with Crippen LogP contribution < -0.4 is 26.4 Å². The van der Waals surface area contributed by atoms with Gasteiger partial charge in [0.25, 0.3) is 5.91 Å². The molecular formula is C45H70N9O21P. The number of hydrogen-bond acceptors (Lipinski definition) is 17. The Morgan fingerprint density at radius 3 is 1.41 bits per heavy atom. The number of carboxylic acids is 7. The maximum atomic E-state index is 13.0. The number of rotatable bonds is 35. The van der Waals surface area contributed by atoms with Crippen LogP contribution in [0.5, 0.6) is 0 Å². The molecule has 0 saturated carbocycles. The van der Waals surface area contributed by atoms with Gasteiger partial charge >= 0.3 is 49.5 Å². The van der Waals surface area contributed by atoms with Crippen LogP contribution >= 0.6 is 7.75 Å². The van der Waals surface area contributed by atoms with Crippen molar-refractivity contribution < 1.29 is 102 Å². The SMILES string of the molecule is O=C(O)CC[C@H](NP(=O)(O)OCC[C@H](NC(=O)CC[C@@H](NC(=O)CCCCCNC(=O)c1ccc(CCNC(=O)CN2CCN(CC(=O)O)CCN(CC(=O)O)CCN(CC(=O)O)CC2)cc1)C(=O)O)C(=O)O)C(=O)O. The van der Waals surface area contributed by atoms with Gasteiger partial charge < -0.3 is 61.9 Å². The van der Waals surface area contributed by atoms with Crippen molar-refractivity contribution in [1.29, 1.82) is 0 Å². The molecule has 76 heavy (non-hydrogen) atoms. The zero-order chi connectivity index (χ0) is 56.8. The Bertz CT molecular complexity index is 2160. The Morgan fingerprint density at radius 1 is 0.500 bits per heavy atom. The van der Waals surface area contributed by atoms with Crippen molar-refractivity contribution in [2.45, 2.75) is 82.3 Å². The normalized spacial score (nSPS) is 16.2. The van der Waals surface area contributed by atoms with Crippen LogP contribution in [0.25, 0.3) is 0 Å². The Balaban J connectivity index is 1.75. The molecule has 4 amide bonds. The Morgan fingerprint density at radius 2 is 0.947 bits per heavy atom. The van der Waals surface area contributed by atoms with Gasteiger partial charge in [0.05, 0.1) is 32.8 Å². The van der Waals surface area contributed by atoms with E-state index < -0.39 is 118 Å². The van der Waals surface area contributed by atoms with Crippen molar-refractivity contribution in [1.82, 2.24) is 46.0 Å². The summed E-state index contributed by atoms with van der Waals surface area (Å²) in [6, 6.07) is 1.73.